The molecule has 2 N–H and O–H groups in total. The van der Waals surface area contributed by atoms with Crippen molar-refractivity contribution in [2.24, 2.45) is 23.2 Å². The Morgan fingerprint density at radius 2 is 2.00 bits per heavy atom. The summed E-state index contributed by atoms with van der Waals surface area (Å²) in [4.78, 5) is 12.7. The number of alkyl halides is 1. The van der Waals surface area contributed by atoms with Crippen molar-refractivity contribution < 1.29 is 14.1 Å². The molecule has 3 aliphatic carbocycles. The minimum absolute atomic E-state index is 0.00343. The van der Waals surface area contributed by atoms with Gasteiger partial charge in [0.05, 0.1) is 23.7 Å². The maximum atomic E-state index is 12.7. The molecule has 5 fully saturated rings. The summed E-state index contributed by atoms with van der Waals surface area (Å²) in [6.07, 6.45) is 3.10. The third-order valence-corrected chi connectivity index (χ3v) is 8.02. The maximum Gasteiger partial charge on any atom is 0.481 e. The lowest BCUT2D eigenvalue weighted by molar-refractivity contribution is -0.199. The largest absolute Gasteiger partial charge is 0.481 e. The molecule has 7 atom stereocenters. The van der Waals surface area contributed by atoms with Crippen LogP contribution in [0.25, 0.3) is 0 Å². The molecule has 1 amide bonds. The van der Waals surface area contributed by atoms with Gasteiger partial charge in [-0.1, -0.05) is 27.7 Å². The summed E-state index contributed by atoms with van der Waals surface area (Å²) < 4.78 is 13.0. The Morgan fingerprint density at radius 3 is 2.58 bits per heavy atom. The standard InChI is InChI=1S/C19H32BClN2O3/c1-10(2)16(23-17(24)13-8-12(21)9-22-13)20-25-15-7-11-6-14(18(11,3)4)19(15,5)26-20/h10-16,22H,6-9H2,1-5H3,(H,23,24)/t11-,12-,13-,14-,15+,16-,19-/m0/s1. The van der Waals surface area contributed by atoms with E-state index in [0.717, 1.165) is 12.3 Å². The second-order valence-corrected chi connectivity index (χ2v) is 10.5. The van der Waals surface area contributed by atoms with Crippen molar-refractivity contribution in [1.82, 2.24) is 10.6 Å². The molecular formula is C19H32BClN2O3. The van der Waals surface area contributed by atoms with E-state index in [1.165, 1.54) is 6.42 Å². The van der Waals surface area contributed by atoms with Gasteiger partial charge < -0.3 is 19.9 Å². The molecule has 0 spiro atoms. The SMILES string of the molecule is CC(C)[C@H](NC(=O)[C@@H]1C[C@H](Cl)CN1)B1O[C@@H]2C[C@@H]3C[C@@H](C3(C)C)[C@]2(C)O1. The van der Waals surface area contributed by atoms with Gasteiger partial charge in [-0.05, 0) is 49.4 Å². The van der Waals surface area contributed by atoms with Gasteiger partial charge in [0, 0.05) is 11.9 Å². The van der Waals surface area contributed by atoms with E-state index in [-0.39, 0.29) is 48.0 Å². The molecule has 2 heterocycles. The van der Waals surface area contributed by atoms with Crippen molar-refractivity contribution >= 4 is 24.6 Å². The molecule has 0 aromatic heterocycles. The quantitative estimate of drug-likeness (QED) is 0.579. The van der Waals surface area contributed by atoms with E-state index in [1.54, 1.807) is 0 Å². The highest BCUT2D eigenvalue weighted by Gasteiger charge is 2.68. The van der Waals surface area contributed by atoms with Crippen molar-refractivity contribution in [3.05, 3.63) is 0 Å². The Kier molecular flexibility index (Phi) is 4.66. The van der Waals surface area contributed by atoms with Crippen molar-refractivity contribution in [3.8, 4) is 0 Å². The molecule has 5 nitrogen and oxygen atoms in total. The van der Waals surface area contributed by atoms with Crippen LogP contribution in [0.3, 0.4) is 0 Å². The van der Waals surface area contributed by atoms with E-state index in [2.05, 4.69) is 45.3 Å². The molecule has 5 aliphatic rings. The summed E-state index contributed by atoms with van der Waals surface area (Å²) in [5.41, 5.74) is 0.0802. The minimum Gasteiger partial charge on any atom is -0.404 e. The van der Waals surface area contributed by atoms with Crippen molar-refractivity contribution in [1.29, 1.82) is 0 Å². The van der Waals surface area contributed by atoms with Gasteiger partial charge in [0.1, 0.15) is 0 Å². The average molecular weight is 383 g/mol. The number of hydrogen-bond acceptors (Lipinski definition) is 4. The zero-order valence-corrected chi connectivity index (χ0v) is 17.3. The zero-order valence-electron chi connectivity index (χ0n) is 16.5. The Morgan fingerprint density at radius 1 is 1.27 bits per heavy atom. The average Bonchev–Trinajstić information content (AvgIpc) is 3.13. The first-order valence-electron chi connectivity index (χ1n) is 10.1. The van der Waals surface area contributed by atoms with Gasteiger partial charge in [0.2, 0.25) is 5.91 Å². The van der Waals surface area contributed by atoms with Crippen LogP contribution in [0.2, 0.25) is 0 Å². The van der Waals surface area contributed by atoms with Gasteiger partial charge >= 0.3 is 7.12 Å². The minimum atomic E-state index is -0.377. The molecule has 0 radical (unpaired) electrons. The number of amides is 1. The maximum absolute atomic E-state index is 12.7. The smallest absolute Gasteiger partial charge is 0.404 e. The Hall–Kier alpha value is -0.295. The lowest BCUT2D eigenvalue weighted by atomic mass is 9.43. The third-order valence-electron chi connectivity index (χ3n) is 7.68. The topological polar surface area (TPSA) is 59.6 Å². The van der Waals surface area contributed by atoms with Crippen molar-refractivity contribution in [2.45, 2.75) is 82.9 Å². The number of carbonyl (C=O) groups is 1. The normalized spacial score (nSPS) is 44.6. The van der Waals surface area contributed by atoms with Crippen molar-refractivity contribution in [2.75, 3.05) is 6.54 Å². The second-order valence-electron chi connectivity index (χ2n) is 9.91. The van der Waals surface area contributed by atoms with Crippen LogP contribution in [0.1, 0.15) is 53.9 Å². The number of carbonyl (C=O) groups excluding carboxylic acids is 1. The Balaban J connectivity index is 1.46. The Labute approximate surface area is 162 Å². The fourth-order valence-electron chi connectivity index (χ4n) is 5.76. The molecule has 0 aromatic carbocycles. The van der Waals surface area contributed by atoms with Gasteiger partial charge in [0.15, 0.2) is 0 Å². The predicted octanol–water partition coefficient (Wildman–Crippen LogP) is 2.36. The number of halogens is 1. The first-order chi connectivity index (χ1) is 12.1. The van der Waals surface area contributed by atoms with Crippen LogP contribution in [0.5, 0.6) is 0 Å². The Bertz CT molecular complexity index is 589. The second kappa shape index (κ2) is 6.36. The van der Waals surface area contributed by atoms with Gasteiger partial charge in [0.25, 0.3) is 0 Å². The molecule has 0 aromatic rings. The molecule has 146 valence electrons. The predicted molar refractivity (Wildman–Crippen MR) is 103 cm³/mol. The first-order valence-corrected chi connectivity index (χ1v) is 10.6. The van der Waals surface area contributed by atoms with E-state index >= 15 is 0 Å². The monoisotopic (exact) mass is 382 g/mol. The molecule has 2 saturated heterocycles. The highest BCUT2D eigenvalue weighted by molar-refractivity contribution is 6.48. The molecule has 5 rings (SSSR count). The van der Waals surface area contributed by atoms with Gasteiger partial charge in [-0.25, -0.2) is 0 Å². The number of nitrogens with one attached hydrogen (secondary N) is 2. The van der Waals surface area contributed by atoms with E-state index in [0.29, 0.717) is 24.3 Å². The highest BCUT2D eigenvalue weighted by Crippen LogP contribution is 2.65. The summed E-state index contributed by atoms with van der Waals surface area (Å²) in [5.74, 6) is 1.33. The molecule has 2 aliphatic heterocycles. The van der Waals surface area contributed by atoms with Gasteiger partial charge in [-0.3, -0.25) is 4.79 Å². The molecule has 3 saturated carbocycles. The fourth-order valence-corrected chi connectivity index (χ4v) is 6.03. The number of hydrogen-bond donors (Lipinski definition) is 2. The summed E-state index contributed by atoms with van der Waals surface area (Å²) in [6, 6.07) is -0.218. The first kappa shape index (κ1) is 19.0. The van der Waals surface area contributed by atoms with Gasteiger partial charge in [-0.15, -0.1) is 11.6 Å². The fraction of sp³-hybridized carbons (Fsp3) is 0.947. The third kappa shape index (κ3) is 2.83. The lowest BCUT2D eigenvalue weighted by Gasteiger charge is -2.64. The summed E-state index contributed by atoms with van der Waals surface area (Å²) in [5, 5.41) is 6.41. The summed E-state index contributed by atoms with van der Waals surface area (Å²) in [7, 11) is -0.377. The molecule has 0 unspecified atom stereocenters. The molecule has 26 heavy (non-hydrogen) atoms. The van der Waals surface area contributed by atoms with E-state index < -0.39 is 0 Å². The van der Waals surface area contributed by atoms with Crippen LogP contribution in [-0.4, -0.2) is 48.6 Å². The summed E-state index contributed by atoms with van der Waals surface area (Å²) >= 11 is 6.13. The van der Waals surface area contributed by atoms with E-state index in [9.17, 15) is 4.79 Å². The van der Waals surface area contributed by atoms with Gasteiger partial charge in [-0.2, -0.15) is 0 Å². The van der Waals surface area contributed by atoms with Crippen LogP contribution in [0, 0.1) is 23.2 Å². The lowest BCUT2D eigenvalue weighted by Crippen LogP contribution is -2.65. The van der Waals surface area contributed by atoms with Crippen LogP contribution >= 0.6 is 11.6 Å². The van der Waals surface area contributed by atoms with Crippen molar-refractivity contribution in [3.63, 3.8) is 0 Å². The van der Waals surface area contributed by atoms with Crippen LogP contribution in [-0.2, 0) is 14.1 Å². The molecule has 2 bridgehead atoms. The summed E-state index contributed by atoms with van der Waals surface area (Å²) in [6.45, 7) is 11.8. The zero-order chi connectivity index (χ0) is 18.9. The van der Waals surface area contributed by atoms with Crippen LogP contribution in [0.4, 0.5) is 0 Å². The molecule has 7 heteroatoms. The van der Waals surface area contributed by atoms with E-state index in [1.807, 2.05) is 0 Å². The van der Waals surface area contributed by atoms with Crippen LogP contribution < -0.4 is 10.6 Å². The highest BCUT2D eigenvalue weighted by atomic mass is 35.5. The van der Waals surface area contributed by atoms with Crippen LogP contribution in [0.15, 0.2) is 0 Å². The van der Waals surface area contributed by atoms with E-state index in [4.69, 9.17) is 20.9 Å². The number of rotatable bonds is 4. The molecular weight excluding hydrogens is 350 g/mol.